The molecule has 0 aliphatic rings. The minimum absolute atomic E-state index is 0.0118. The van der Waals surface area contributed by atoms with Gasteiger partial charge in [-0.2, -0.15) is 4.52 Å². The van der Waals surface area contributed by atoms with Gasteiger partial charge >= 0.3 is 0 Å². The number of thiazole rings is 1. The van der Waals surface area contributed by atoms with Gasteiger partial charge in [0.05, 0.1) is 9.46 Å². The Morgan fingerprint density at radius 2 is 1.85 bits per heavy atom. The van der Waals surface area contributed by atoms with Crippen molar-refractivity contribution in [2.24, 2.45) is 0 Å². The predicted octanol–water partition coefficient (Wildman–Crippen LogP) is 2.20. The third-order valence-electron chi connectivity index (χ3n) is 3.83. The van der Waals surface area contributed by atoms with Crippen LogP contribution in [0.25, 0.3) is 11.0 Å². The van der Waals surface area contributed by atoms with Crippen molar-refractivity contribution in [3.63, 3.8) is 0 Å². The first-order valence-electron chi connectivity index (χ1n) is 7.79. The van der Waals surface area contributed by atoms with Crippen molar-refractivity contribution in [1.29, 1.82) is 0 Å². The number of benzene rings is 2. The van der Waals surface area contributed by atoms with Crippen molar-refractivity contribution >= 4 is 28.1 Å². The smallest absolute Gasteiger partial charge is 0.266 e. The SMILES string of the molecule is O=c1/c(=C\c2ccc([N+](=O)[O-])cc2)sc2nc(Cc3ccccc3)nn12. The van der Waals surface area contributed by atoms with Gasteiger partial charge in [0.1, 0.15) is 0 Å². The van der Waals surface area contributed by atoms with Gasteiger partial charge in [-0.05, 0) is 29.3 Å². The quantitative estimate of drug-likeness (QED) is 0.409. The molecule has 2 aromatic heterocycles. The van der Waals surface area contributed by atoms with Gasteiger partial charge in [-0.15, -0.1) is 5.10 Å². The molecule has 7 nitrogen and oxygen atoms in total. The summed E-state index contributed by atoms with van der Waals surface area (Å²) in [6.07, 6.45) is 2.25. The van der Waals surface area contributed by atoms with Crippen LogP contribution >= 0.6 is 11.3 Å². The van der Waals surface area contributed by atoms with Crippen molar-refractivity contribution in [2.45, 2.75) is 6.42 Å². The van der Waals surface area contributed by atoms with Crippen LogP contribution in [0.15, 0.2) is 59.4 Å². The summed E-state index contributed by atoms with van der Waals surface area (Å²) in [5.74, 6) is 0.599. The van der Waals surface area contributed by atoms with E-state index in [2.05, 4.69) is 10.1 Å². The van der Waals surface area contributed by atoms with Gasteiger partial charge < -0.3 is 0 Å². The largest absolute Gasteiger partial charge is 0.291 e. The number of nitro benzene ring substituents is 1. The molecule has 0 unspecified atom stereocenters. The Kier molecular flexibility index (Phi) is 4.02. The molecule has 0 spiro atoms. The van der Waals surface area contributed by atoms with Gasteiger partial charge in [-0.1, -0.05) is 41.7 Å². The zero-order valence-corrected chi connectivity index (χ0v) is 14.2. The third-order valence-corrected chi connectivity index (χ3v) is 4.79. The van der Waals surface area contributed by atoms with E-state index >= 15 is 0 Å². The summed E-state index contributed by atoms with van der Waals surface area (Å²) in [6, 6.07) is 15.8. The van der Waals surface area contributed by atoms with Crippen LogP contribution < -0.4 is 10.1 Å². The van der Waals surface area contributed by atoms with E-state index < -0.39 is 4.92 Å². The fourth-order valence-corrected chi connectivity index (χ4v) is 3.50. The molecule has 0 N–H and O–H groups in total. The number of non-ortho nitro benzene ring substituents is 1. The second-order valence-corrected chi connectivity index (χ2v) is 6.66. The molecular weight excluding hydrogens is 352 g/mol. The van der Waals surface area contributed by atoms with Crippen LogP contribution in [-0.2, 0) is 6.42 Å². The van der Waals surface area contributed by atoms with Crippen LogP contribution in [0.1, 0.15) is 17.0 Å². The van der Waals surface area contributed by atoms with E-state index in [0.717, 1.165) is 5.56 Å². The van der Waals surface area contributed by atoms with Crippen LogP contribution in [-0.4, -0.2) is 19.5 Å². The highest BCUT2D eigenvalue weighted by atomic mass is 32.1. The lowest BCUT2D eigenvalue weighted by Crippen LogP contribution is -2.23. The molecule has 2 heterocycles. The first-order chi connectivity index (χ1) is 12.6. The average Bonchev–Trinajstić information content (AvgIpc) is 3.15. The van der Waals surface area contributed by atoms with E-state index in [0.29, 0.717) is 27.3 Å². The van der Waals surface area contributed by atoms with Crippen molar-refractivity contribution in [2.75, 3.05) is 0 Å². The maximum Gasteiger partial charge on any atom is 0.291 e. The molecule has 0 saturated heterocycles. The summed E-state index contributed by atoms with van der Waals surface area (Å²) in [5, 5.41) is 15.0. The van der Waals surface area contributed by atoms with Crippen molar-refractivity contribution in [3.8, 4) is 0 Å². The molecule has 4 aromatic rings. The molecule has 0 saturated carbocycles. The summed E-state index contributed by atoms with van der Waals surface area (Å²) >= 11 is 1.25. The van der Waals surface area contributed by atoms with Crippen LogP contribution in [0.5, 0.6) is 0 Å². The summed E-state index contributed by atoms with van der Waals surface area (Å²) in [6.45, 7) is 0. The van der Waals surface area contributed by atoms with Crippen molar-refractivity contribution < 1.29 is 4.92 Å². The molecule has 0 aliphatic carbocycles. The standard InChI is InChI=1S/C18H12N4O3S/c23-17-15(10-13-6-8-14(9-7-13)22(24)25)26-18-19-16(20-21(17)18)11-12-4-2-1-3-5-12/h1-10H,11H2/b15-10+. The van der Waals surface area contributed by atoms with E-state index in [-0.39, 0.29) is 11.2 Å². The maximum atomic E-state index is 12.5. The Bertz CT molecular complexity index is 1200. The number of aromatic nitrogens is 3. The normalized spacial score (nSPS) is 11.9. The van der Waals surface area contributed by atoms with E-state index in [1.54, 1.807) is 18.2 Å². The highest BCUT2D eigenvalue weighted by Gasteiger charge is 2.11. The minimum Gasteiger partial charge on any atom is -0.266 e. The van der Waals surface area contributed by atoms with Gasteiger partial charge in [-0.3, -0.25) is 14.9 Å². The number of hydrogen-bond donors (Lipinski definition) is 0. The first-order valence-corrected chi connectivity index (χ1v) is 8.60. The average molecular weight is 364 g/mol. The van der Waals surface area contributed by atoms with Gasteiger partial charge in [0.2, 0.25) is 4.96 Å². The number of fused-ring (bicyclic) bond motifs is 1. The summed E-state index contributed by atoms with van der Waals surface area (Å²) in [4.78, 5) is 27.7. The molecular formula is C18H12N4O3S. The van der Waals surface area contributed by atoms with E-state index in [9.17, 15) is 14.9 Å². The minimum atomic E-state index is -0.458. The van der Waals surface area contributed by atoms with Gasteiger partial charge in [0.25, 0.3) is 11.2 Å². The summed E-state index contributed by atoms with van der Waals surface area (Å²) in [5.41, 5.74) is 1.56. The van der Waals surface area contributed by atoms with Crippen LogP contribution in [0.4, 0.5) is 5.69 Å². The summed E-state index contributed by atoms with van der Waals surface area (Å²) < 4.78 is 1.79. The number of rotatable bonds is 4. The molecule has 8 heteroatoms. The molecule has 0 aliphatic heterocycles. The Labute approximate surface area is 151 Å². The molecule has 4 rings (SSSR count). The fourth-order valence-electron chi connectivity index (χ4n) is 2.57. The van der Waals surface area contributed by atoms with Crippen LogP contribution in [0, 0.1) is 10.1 Å². The lowest BCUT2D eigenvalue weighted by molar-refractivity contribution is -0.384. The zero-order valence-electron chi connectivity index (χ0n) is 13.4. The summed E-state index contributed by atoms with van der Waals surface area (Å²) in [7, 11) is 0. The highest BCUT2D eigenvalue weighted by molar-refractivity contribution is 7.15. The van der Waals surface area contributed by atoms with Crippen LogP contribution in [0.3, 0.4) is 0 Å². The lowest BCUT2D eigenvalue weighted by Gasteiger charge is -1.94. The molecule has 0 atom stereocenters. The van der Waals surface area contributed by atoms with E-state index in [1.165, 1.54) is 28.0 Å². The number of nitro groups is 1. The second kappa shape index (κ2) is 6.49. The Balaban J connectivity index is 1.67. The van der Waals surface area contributed by atoms with Gasteiger partial charge in [0.15, 0.2) is 5.82 Å². The van der Waals surface area contributed by atoms with Crippen LogP contribution in [0.2, 0.25) is 0 Å². The molecule has 128 valence electrons. The lowest BCUT2D eigenvalue weighted by atomic mass is 10.1. The zero-order chi connectivity index (χ0) is 18.1. The molecule has 0 fully saturated rings. The monoisotopic (exact) mass is 364 g/mol. The predicted molar refractivity (Wildman–Crippen MR) is 98.3 cm³/mol. The van der Waals surface area contributed by atoms with Crippen molar-refractivity contribution in [3.05, 3.63) is 96.5 Å². The second-order valence-electron chi connectivity index (χ2n) is 5.65. The molecule has 2 aromatic carbocycles. The Morgan fingerprint density at radius 1 is 1.12 bits per heavy atom. The first kappa shape index (κ1) is 16.1. The van der Waals surface area contributed by atoms with E-state index in [1.807, 2.05) is 30.3 Å². The topological polar surface area (TPSA) is 90.4 Å². The number of nitrogens with zero attached hydrogens (tertiary/aromatic N) is 4. The Hall–Kier alpha value is -3.39. The van der Waals surface area contributed by atoms with Crippen molar-refractivity contribution in [1.82, 2.24) is 14.6 Å². The highest BCUT2D eigenvalue weighted by Crippen LogP contribution is 2.13. The molecule has 0 radical (unpaired) electrons. The molecule has 0 amide bonds. The molecule has 0 bridgehead atoms. The fraction of sp³-hybridized carbons (Fsp3) is 0.0556. The third kappa shape index (κ3) is 3.09. The van der Waals surface area contributed by atoms with Gasteiger partial charge in [-0.25, -0.2) is 4.98 Å². The number of hydrogen-bond acceptors (Lipinski definition) is 6. The Morgan fingerprint density at radius 3 is 2.50 bits per heavy atom. The molecule has 26 heavy (non-hydrogen) atoms. The van der Waals surface area contributed by atoms with Gasteiger partial charge in [0, 0.05) is 18.6 Å². The maximum absolute atomic E-state index is 12.5. The van der Waals surface area contributed by atoms with E-state index in [4.69, 9.17) is 0 Å².